The Morgan fingerprint density at radius 3 is 2.78 bits per heavy atom. The highest BCUT2D eigenvalue weighted by Gasteiger charge is 2.16. The Bertz CT molecular complexity index is 385. The molecule has 1 amide bonds. The zero-order valence-corrected chi connectivity index (χ0v) is 11.6. The van der Waals surface area contributed by atoms with Crippen LogP contribution >= 0.6 is 11.8 Å². The summed E-state index contributed by atoms with van der Waals surface area (Å²) in [6, 6.07) is 8.00. The minimum atomic E-state index is 0.0468. The van der Waals surface area contributed by atoms with E-state index >= 15 is 0 Å². The van der Waals surface area contributed by atoms with Crippen molar-refractivity contribution in [2.45, 2.75) is 25.8 Å². The van der Waals surface area contributed by atoms with E-state index in [1.165, 1.54) is 12.2 Å². The van der Waals surface area contributed by atoms with Gasteiger partial charge in [-0.05, 0) is 49.8 Å². The largest absolute Gasteiger partial charge is 0.385 e. The fourth-order valence-electron chi connectivity index (χ4n) is 2.07. The predicted octanol–water partition coefficient (Wildman–Crippen LogP) is 2.74. The molecule has 2 N–H and O–H groups in total. The maximum atomic E-state index is 12.0. The van der Waals surface area contributed by atoms with E-state index in [0.717, 1.165) is 30.0 Å². The van der Waals surface area contributed by atoms with Gasteiger partial charge in [-0.15, -0.1) is 0 Å². The van der Waals surface area contributed by atoms with Gasteiger partial charge in [-0.1, -0.05) is 0 Å². The average Bonchev–Trinajstić information content (AvgIpc) is 2.41. The third-order valence-corrected chi connectivity index (χ3v) is 4.24. The highest BCUT2D eigenvalue weighted by atomic mass is 32.2. The van der Waals surface area contributed by atoms with Crippen molar-refractivity contribution in [2.75, 3.05) is 23.4 Å². The van der Waals surface area contributed by atoms with Crippen LogP contribution in [0.1, 0.15) is 30.1 Å². The van der Waals surface area contributed by atoms with E-state index < -0.39 is 0 Å². The summed E-state index contributed by atoms with van der Waals surface area (Å²) >= 11 is 1.92. The van der Waals surface area contributed by atoms with Crippen molar-refractivity contribution < 1.29 is 4.79 Å². The smallest absolute Gasteiger partial charge is 0.251 e. The van der Waals surface area contributed by atoms with Crippen LogP contribution in [0, 0.1) is 0 Å². The lowest BCUT2D eigenvalue weighted by molar-refractivity contribution is 0.0938. The Morgan fingerprint density at radius 1 is 1.39 bits per heavy atom. The van der Waals surface area contributed by atoms with E-state index in [-0.39, 0.29) is 5.91 Å². The summed E-state index contributed by atoms with van der Waals surface area (Å²) in [5.74, 6) is 2.32. The molecule has 1 atom stereocenters. The predicted molar refractivity (Wildman–Crippen MR) is 78.4 cm³/mol. The summed E-state index contributed by atoms with van der Waals surface area (Å²) in [4.78, 5) is 12.0. The van der Waals surface area contributed by atoms with Crippen molar-refractivity contribution >= 4 is 23.4 Å². The van der Waals surface area contributed by atoms with Crippen molar-refractivity contribution in [3.05, 3.63) is 29.8 Å². The molecule has 1 saturated heterocycles. The first-order valence-corrected chi connectivity index (χ1v) is 7.67. The quantitative estimate of drug-likeness (QED) is 0.878. The van der Waals surface area contributed by atoms with Crippen LogP contribution in [-0.4, -0.2) is 30.0 Å². The molecular formula is C14H20N2OS. The minimum Gasteiger partial charge on any atom is -0.385 e. The number of benzene rings is 1. The van der Waals surface area contributed by atoms with E-state index in [0.29, 0.717) is 6.04 Å². The molecule has 1 aromatic carbocycles. The van der Waals surface area contributed by atoms with Crippen LogP contribution in [0.4, 0.5) is 5.69 Å². The van der Waals surface area contributed by atoms with Crippen LogP contribution in [0.5, 0.6) is 0 Å². The molecule has 0 radical (unpaired) electrons. The fourth-order valence-corrected chi connectivity index (χ4v) is 3.14. The molecule has 18 heavy (non-hydrogen) atoms. The highest BCUT2D eigenvalue weighted by molar-refractivity contribution is 7.99. The average molecular weight is 264 g/mol. The van der Waals surface area contributed by atoms with Crippen LogP contribution < -0.4 is 10.6 Å². The lowest BCUT2D eigenvalue weighted by Gasteiger charge is -2.22. The van der Waals surface area contributed by atoms with Gasteiger partial charge in [0.1, 0.15) is 0 Å². The van der Waals surface area contributed by atoms with Gasteiger partial charge < -0.3 is 10.6 Å². The number of carbonyl (C=O) groups excluding carboxylic acids is 1. The van der Waals surface area contributed by atoms with Gasteiger partial charge in [0.2, 0.25) is 0 Å². The van der Waals surface area contributed by atoms with E-state index in [1.807, 2.05) is 36.0 Å². The van der Waals surface area contributed by atoms with Crippen LogP contribution in [0.3, 0.4) is 0 Å². The molecule has 4 heteroatoms. The van der Waals surface area contributed by atoms with Gasteiger partial charge in [-0.3, -0.25) is 4.79 Å². The summed E-state index contributed by atoms with van der Waals surface area (Å²) in [5, 5.41) is 6.33. The standard InChI is InChI=1S/C14H20N2OS/c1-2-15-12-7-5-11(6-8-12)14(17)16-13-4-3-9-18-10-13/h5-8,13,15H,2-4,9-10H2,1H3,(H,16,17). The zero-order valence-electron chi connectivity index (χ0n) is 10.7. The first-order valence-electron chi connectivity index (χ1n) is 6.52. The van der Waals surface area contributed by atoms with E-state index in [2.05, 4.69) is 17.6 Å². The monoisotopic (exact) mass is 264 g/mol. The number of anilines is 1. The lowest BCUT2D eigenvalue weighted by Crippen LogP contribution is -2.38. The SMILES string of the molecule is CCNc1ccc(C(=O)NC2CCCSC2)cc1. The van der Waals surface area contributed by atoms with Crippen LogP contribution in [-0.2, 0) is 0 Å². The summed E-state index contributed by atoms with van der Waals surface area (Å²) in [5.41, 5.74) is 1.80. The molecule has 0 saturated carbocycles. The Balaban J connectivity index is 1.91. The third kappa shape index (κ3) is 3.67. The maximum Gasteiger partial charge on any atom is 0.251 e. The second-order valence-corrected chi connectivity index (χ2v) is 5.65. The Kier molecular flexibility index (Phi) is 4.93. The molecule has 1 heterocycles. The van der Waals surface area contributed by atoms with Crippen LogP contribution in [0.25, 0.3) is 0 Å². The normalized spacial score (nSPS) is 19.3. The summed E-state index contributed by atoms with van der Waals surface area (Å²) in [6.07, 6.45) is 2.31. The minimum absolute atomic E-state index is 0.0468. The van der Waals surface area contributed by atoms with Gasteiger partial charge in [0.15, 0.2) is 0 Å². The van der Waals surface area contributed by atoms with Crippen LogP contribution in [0.15, 0.2) is 24.3 Å². The summed E-state index contributed by atoms with van der Waals surface area (Å²) in [6.45, 7) is 2.95. The Hall–Kier alpha value is -1.16. The molecule has 0 spiro atoms. The first-order chi connectivity index (χ1) is 8.79. The summed E-state index contributed by atoms with van der Waals surface area (Å²) < 4.78 is 0. The number of hydrogen-bond donors (Lipinski definition) is 2. The van der Waals surface area contributed by atoms with Gasteiger partial charge in [0.05, 0.1) is 0 Å². The number of thioether (sulfide) groups is 1. The van der Waals surface area contributed by atoms with Crippen molar-refractivity contribution in [2.24, 2.45) is 0 Å². The van der Waals surface area contributed by atoms with Gasteiger partial charge in [0, 0.05) is 29.6 Å². The molecule has 1 unspecified atom stereocenters. The van der Waals surface area contributed by atoms with E-state index in [1.54, 1.807) is 0 Å². The number of hydrogen-bond acceptors (Lipinski definition) is 3. The molecule has 0 aliphatic carbocycles. The number of rotatable bonds is 4. The van der Waals surface area contributed by atoms with E-state index in [4.69, 9.17) is 0 Å². The van der Waals surface area contributed by atoms with Gasteiger partial charge in [-0.2, -0.15) is 11.8 Å². The topological polar surface area (TPSA) is 41.1 Å². The van der Waals surface area contributed by atoms with Gasteiger partial charge in [-0.25, -0.2) is 0 Å². The van der Waals surface area contributed by atoms with Crippen molar-refractivity contribution in [3.63, 3.8) is 0 Å². The second-order valence-electron chi connectivity index (χ2n) is 4.50. The van der Waals surface area contributed by atoms with E-state index in [9.17, 15) is 4.79 Å². The lowest BCUT2D eigenvalue weighted by atomic mass is 10.1. The van der Waals surface area contributed by atoms with Gasteiger partial charge in [0.25, 0.3) is 5.91 Å². The second kappa shape index (κ2) is 6.69. The van der Waals surface area contributed by atoms with Gasteiger partial charge >= 0.3 is 0 Å². The molecular weight excluding hydrogens is 244 g/mol. The molecule has 1 aromatic rings. The molecule has 98 valence electrons. The number of amides is 1. The molecule has 2 rings (SSSR count). The molecule has 3 nitrogen and oxygen atoms in total. The molecule has 0 bridgehead atoms. The first kappa shape index (κ1) is 13.3. The molecule has 1 aliphatic heterocycles. The van der Waals surface area contributed by atoms with Crippen LogP contribution in [0.2, 0.25) is 0 Å². The Morgan fingerprint density at radius 2 is 2.17 bits per heavy atom. The Labute approximate surface area is 113 Å². The molecule has 0 aromatic heterocycles. The number of carbonyl (C=O) groups is 1. The zero-order chi connectivity index (χ0) is 12.8. The number of nitrogens with one attached hydrogen (secondary N) is 2. The van der Waals surface area contributed by atoms with Crippen molar-refractivity contribution in [1.29, 1.82) is 0 Å². The maximum absolute atomic E-state index is 12.0. The van der Waals surface area contributed by atoms with Crippen molar-refractivity contribution in [3.8, 4) is 0 Å². The fraction of sp³-hybridized carbons (Fsp3) is 0.500. The molecule has 1 aliphatic rings. The van der Waals surface area contributed by atoms with Crippen molar-refractivity contribution in [1.82, 2.24) is 5.32 Å². The molecule has 1 fully saturated rings. The highest BCUT2D eigenvalue weighted by Crippen LogP contribution is 2.17. The summed E-state index contributed by atoms with van der Waals surface area (Å²) in [7, 11) is 0. The third-order valence-electron chi connectivity index (χ3n) is 3.02.